The van der Waals surface area contributed by atoms with Gasteiger partial charge in [-0.15, -0.1) is 0 Å². The standard InChI is InChI=1S/C18H22N2/c1-4-15(5-2)16-7-6-8-18(13-16)20-19-17-11-9-14(3)10-12-17/h6-13,15H,4-5H2,1-3H3. The summed E-state index contributed by atoms with van der Waals surface area (Å²) < 4.78 is 0. The van der Waals surface area contributed by atoms with Crippen LogP contribution in [0.1, 0.15) is 43.7 Å². The molecule has 0 aliphatic heterocycles. The first kappa shape index (κ1) is 14.4. The van der Waals surface area contributed by atoms with Gasteiger partial charge in [-0.05, 0) is 55.5 Å². The van der Waals surface area contributed by atoms with Gasteiger partial charge >= 0.3 is 0 Å². The van der Waals surface area contributed by atoms with E-state index in [1.54, 1.807) is 0 Å². The lowest BCUT2D eigenvalue weighted by Gasteiger charge is -2.12. The van der Waals surface area contributed by atoms with Gasteiger partial charge in [-0.25, -0.2) is 0 Å². The number of nitrogens with zero attached hydrogens (tertiary/aromatic N) is 2. The maximum absolute atomic E-state index is 4.34. The number of rotatable bonds is 5. The van der Waals surface area contributed by atoms with Crippen LogP contribution in [-0.4, -0.2) is 0 Å². The van der Waals surface area contributed by atoms with Crippen LogP contribution >= 0.6 is 0 Å². The van der Waals surface area contributed by atoms with Gasteiger partial charge in [0.15, 0.2) is 0 Å². The Balaban J connectivity index is 2.17. The first-order chi connectivity index (χ1) is 9.72. The van der Waals surface area contributed by atoms with Crippen LogP contribution in [0, 0.1) is 6.92 Å². The van der Waals surface area contributed by atoms with E-state index in [2.05, 4.69) is 61.3 Å². The number of hydrogen-bond donors (Lipinski definition) is 0. The van der Waals surface area contributed by atoms with E-state index in [-0.39, 0.29) is 0 Å². The number of benzene rings is 2. The summed E-state index contributed by atoms with van der Waals surface area (Å²) in [6, 6.07) is 16.5. The SMILES string of the molecule is CCC(CC)c1cccc(N=Nc2ccc(C)cc2)c1. The molecular weight excluding hydrogens is 244 g/mol. The summed E-state index contributed by atoms with van der Waals surface area (Å²) in [7, 11) is 0. The molecule has 0 N–H and O–H groups in total. The third-order valence-corrected chi connectivity index (χ3v) is 3.64. The van der Waals surface area contributed by atoms with Crippen LogP contribution in [0.15, 0.2) is 58.8 Å². The van der Waals surface area contributed by atoms with Crippen molar-refractivity contribution in [2.45, 2.75) is 39.5 Å². The van der Waals surface area contributed by atoms with E-state index in [0.29, 0.717) is 5.92 Å². The van der Waals surface area contributed by atoms with Crippen LogP contribution in [0.25, 0.3) is 0 Å². The van der Waals surface area contributed by atoms with Crippen molar-refractivity contribution in [1.29, 1.82) is 0 Å². The molecule has 0 spiro atoms. The maximum Gasteiger partial charge on any atom is 0.0859 e. The summed E-state index contributed by atoms with van der Waals surface area (Å²) in [6.07, 6.45) is 2.32. The highest BCUT2D eigenvalue weighted by Gasteiger charge is 2.06. The summed E-state index contributed by atoms with van der Waals surface area (Å²) in [5, 5.41) is 8.64. The van der Waals surface area contributed by atoms with Crippen molar-refractivity contribution in [3.63, 3.8) is 0 Å². The second-order valence-corrected chi connectivity index (χ2v) is 5.14. The van der Waals surface area contributed by atoms with Gasteiger partial charge in [0, 0.05) is 0 Å². The Labute approximate surface area is 121 Å². The topological polar surface area (TPSA) is 24.7 Å². The van der Waals surface area contributed by atoms with Crippen molar-refractivity contribution in [3.05, 3.63) is 59.7 Å². The Morgan fingerprint density at radius 3 is 2.15 bits per heavy atom. The molecule has 0 amide bonds. The summed E-state index contributed by atoms with van der Waals surface area (Å²) in [5.74, 6) is 0.615. The van der Waals surface area contributed by atoms with Crippen LogP contribution < -0.4 is 0 Å². The summed E-state index contributed by atoms with van der Waals surface area (Å²) in [5.41, 5.74) is 4.41. The van der Waals surface area contributed by atoms with E-state index in [9.17, 15) is 0 Å². The van der Waals surface area contributed by atoms with Crippen LogP contribution in [0.5, 0.6) is 0 Å². The summed E-state index contributed by atoms with van der Waals surface area (Å²) in [6.45, 7) is 6.53. The zero-order valence-corrected chi connectivity index (χ0v) is 12.5. The molecule has 104 valence electrons. The Morgan fingerprint density at radius 2 is 1.50 bits per heavy atom. The fourth-order valence-corrected chi connectivity index (χ4v) is 2.33. The number of hydrogen-bond acceptors (Lipinski definition) is 2. The van der Waals surface area contributed by atoms with Crippen LogP contribution in [0.3, 0.4) is 0 Å². The minimum Gasteiger partial charge on any atom is -0.151 e. The molecule has 0 heterocycles. The highest BCUT2D eigenvalue weighted by molar-refractivity contribution is 5.43. The molecule has 0 saturated carbocycles. The molecule has 0 saturated heterocycles. The largest absolute Gasteiger partial charge is 0.151 e. The first-order valence-electron chi connectivity index (χ1n) is 7.31. The van der Waals surface area contributed by atoms with Gasteiger partial charge in [-0.2, -0.15) is 10.2 Å². The maximum atomic E-state index is 4.34. The monoisotopic (exact) mass is 266 g/mol. The zero-order valence-electron chi connectivity index (χ0n) is 12.5. The minimum atomic E-state index is 0.615. The van der Waals surface area contributed by atoms with Gasteiger partial charge in [0.1, 0.15) is 0 Å². The molecule has 0 unspecified atom stereocenters. The van der Waals surface area contributed by atoms with Gasteiger partial charge in [-0.3, -0.25) is 0 Å². The quantitative estimate of drug-likeness (QED) is 0.566. The highest BCUT2D eigenvalue weighted by Crippen LogP contribution is 2.27. The smallest absolute Gasteiger partial charge is 0.0859 e. The van der Waals surface area contributed by atoms with Crippen LogP contribution in [0.2, 0.25) is 0 Å². The second-order valence-electron chi connectivity index (χ2n) is 5.14. The summed E-state index contributed by atoms with van der Waals surface area (Å²) >= 11 is 0. The van der Waals surface area contributed by atoms with Gasteiger partial charge in [0.05, 0.1) is 11.4 Å². The van der Waals surface area contributed by atoms with Gasteiger partial charge in [-0.1, -0.05) is 43.7 Å². The third kappa shape index (κ3) is 3.77. The lowest BCUT2D eigenvalue weighted by Crippen LogP contribution is -1.94. The Bertz CT molecular complexity index is 566. The van der Waals surface area contributed by atoms with E-state index < -0.39 is 0 Å². The van der Waals surface area contributed by atoms with Crippen LogP contribution in [0.4, 0.5) is 11.4 Å². The van der Waals surface area contributed by atoms with Crippen molar-refractivity contribution in [3.8, 4) is 0 Å². The fraction of sp³-hybridized carbons (Fsp3) is 0.333. The van der Waals surface area contributed by atoms with Crippen molar-refractivity contribution < 1.29 is 0 Å². The van der Waals surface area contributed by atoms with Crippen LogP contribution in [-0.2, 0) is 0 Å². The van der Waals surface area contributed by atoms with Crippen molar-refractivity contribution >= 4 is 11.4 Å². The molecule has 0 aliphatic carbocycles. The third-order valence-electron chi connectivity index (χ3n) is 3.64. The van der Waals surface area contributed by atoms with E-state index in [4.69, 9.17) is 0 Å². The molecule has 0 fully saturated rings. The van der Waals surface area contributed by atoms with E-state index >= 15 is 0 Å². The highest BCUT2D eigenvalue weighted by atomic mass is 15.1. The number of azo groups is 1. The van der Waals surface area contributed by atoms with E-state index in [1.807, 2.05) is 18.2 Å². The molecule has 0 bridgehead atoms. The van der Waals surface area contributed by atoms with Gasteiger partial charge < -0.3 is 0 Å². The lowest BCUT2D eigenvalue weighted by atomic mass is 9.94. The molecule has 2 nitrogen and oxygen atoms in total. The zero-order chi connectivity index (χ0) is 14.4. The molecule has 2 heteroatoms. The normalized spacial score (nSPS) is 11.4. The average Bonchev–Trinajstić information content (AvgIpc) is 2.48. The second kappa shape index (κ2) is 6.99. The van der Waals surface area contributed by atoms with Gasteiger partial charge in [0.25, 0.3) is 0 Å². The molecule has 2 aromatic rings. The predicted molar refractivity (Wildman–Crippen MR) is 85.1 cm³/mol. The summed E-state index contributed by atoms with van der Waals surface area (Å²) in [4.78, 5) is 0. The van der Waals surface area contributed by atoms with Crippen molar-refractivity contribution in [2.75, 3.05) is 0 Å². The van der Waals surface area contributed by atoms with Crippen molar-refractivity contribution in [1.82, 2.24) is 0 Å². The molecule has 0 aromatic heterocycles. The molecule has 2 rings (SSSR count). The lowest BCUT2D eigenvalue weighted by molar-refractivity contribution is 0.642. The van der Waals surface area contributed by atoms with E-state index in [0.717, 1.165) is 24.2 Å². The van der Waals surface area contributed by atoms with Gasteiger partial charge in [0.2, 0.25) is 0 Å². The Hall–Kier alpha value is -1.96. The molecule has 0 radical (unpaired) electrons. The first-order valence-corrected chi connectivity index (χ1v) is 7.31. The minimum absolute atomic E-state index is 0.615. The molecule has 0 aliphatic rings. The fourth-order valence-electron chi connectivity index (χ4n) is 2.33. The molecule has 2 aromatic carbocycles. The molecule has 0 atom stereocenters. The average molecular weight is 266 g/mol. The Morgan fingerprint density at radius 1 is 0.850 bits per heavy atom. The number of aryl methyl sites for hydroxylation is 1. The predicted octanol–water partition coefficient (Wildman–Crippen LogP) is 6.31. The molecule has 20 heavy (non-hydrogen) atoms. The van der Waals surface area contributed by atoms with Crippen molar-refractivity contribution in [2.24, 2.45) is 10.2 Å². The van der Waals surface area contributed by atoms with E-state index in [1.165, 1.54) is 11.1 Å². The Kier molecular flexibility index (Phi) is 5.05. The molecular formula is C18H22N2.